The van der Waals surface area contributed by atoms with Crippen LogP contribution in [-0.4, -0.2) is 53.3 Å². The number of aliphatic hydroxyl groups is 1. The van der Waals surface area contributed by atoms with E-state index < -0.39 is 24.0 Å². The first-order valence-corrected chi connectivity index (χ1v) is 12.5. The van der Waals surface area contributed by atoms with Gasteiger partial charge in [-0.05, 0) is 80.4 Å². The van der Waals surface area contributed by atoms with E-state index in [1.54, 1.807) is 48.5 Å². The molecule has 0 radical (unpaired) electrons. The van der Waals surface area contributed by atoms with E-state index in [1.807, 2.05) is 18.2 Å². The second-order valence-corrected chi connectivity index (χ2v) is 8.89. The SMILES string of the molecule is CC(O)C(NC(=O)c1ccc(C#Cc2ccc(NC(=O)CNCCCc3ccccc3)cc2)cc1)C(=O)NO. The maximum atomic E-state index is 12.4. The molecule has 0 heterocycles. The molecule has 0 aliphatic rings. The number of hydrogen-bond donors (Lipinski definition) is 6. The van der Waals surface area contributed by atoms with Gasteiger partial charge in [-0.15, -0.1) is 0 Å². The van der Waals surface area contributed by atoms with Crippen molar-refractivity contribution in [3.8, 4) is 11.8 Å². The lowest BCUT2D eigenvalue weighted by Crippen LogP contribution is -2.51. The van der Waals surface area contributed by atoms with E-state index in [0.29, 0.717) is 11.3 Å². The number of aryl methyl sites for hydroxylation is 1. The van der Waals surface area contributed by atoms with Gasteiger partial charge in [0.05, 0.1) is 12.6 Å². The third-order valence-corrected chi connectivity index (χ3v) is 5.78. The second kappa shape index (κ2) is 15.1. The van der Waals surface area contributed by atoms with Crippen LogP contribution in [0.3, 0.4) is 0 Å². The van der Waals surface area contributed by atoms with Crippen LogP contribution in [0.5, 0.6) is 0 Å². The first kappa shape index (κ1) is 29.1. The van der Waals surface area contributed by atoms with E-state index in [9.17, 15) is 19.5 Å². The number of benzene rings is 3. The quantitative estimate of drug-likeness (QED) is 0.0977. The van der Waals surface area contributed by atoms with E-state index in [-0.39, 0.29) is 18.0 Å². The van der Waals surface area contributed by atoms with Gasteiger partial charge in [0.2, 0.25) is 5.91 Å². The molecule has 2 unspecified atom stereocenters. The summed E-state index contributed by atoms with van der Waals surface area (Å²) in [5.74, 6) is 4.43. The molecule has 9 heteroatoms. The third kappa shape index (κ3) is 9.72. The predicted molar refractivity (Wildman–Crippen MR) is 148 cm³/mol. The van der Waals surface area contributed by atoms with Crippen LogP contribution in [0.1, 0.15) is 40.4 Å². The zero-order valence-electron chi connectivity index (χ0n) is 21.6. The fourth-order valence-electron chi connectivity index (χ4n) is 3.65. The average Bonchev–Trinajstić information content (AvgIpc) is 2.95. The summed E-state index contributed by atoms with van der Waals surface area (Å²) in [5, 5.41) is 26.8. The summed E-state index contributed by atoms with van der Waals surface area (Å²) in [6.07, 6.45) is 0.721. The molecule has 3 amide bonds. The molecule has 0 saturated heterocycles. The lowest BCUT2D eigenvalue weighted by molar-refractivity contribution is -0.133. The molecule has 0 aliphatic heterocycles. The minimum atomic E-state index is -1.30. The minimum absolute atomic E-state index is 0.116. The zero-order valence-corrected chi connectivity index (χ0v) is 21.6. The van der Waals surface area contributed by atoms with Gasteiger partial charge in [-0.1, -0.05) is 42.2 Å². The van der Waals surface area contributed by atoms with E-state index in [1.165, 1.54) is 18.0 Å². The van der Waals surface area contributed by atoms with E-state index in [0.717, 1.165) is 24.9 Å². The summed E-state index contributed by atoms with van der Waals surface area (Å²) in [4.78, 5) is 36.1. The van der Waals surface area contributed by atoms with Gasteiger partial charge in [0.25, 0.3) is 11.8 Å². The summed E-state index contributed by atoms with van der Waals surface area (Å²) < 4.78 is 0. The molecule has 0 aromatic heterocycles. The van der Waals surface area contributed by atoms with Crippen molar-refractivity contribution >= 4 is 23.4 Å². The van der Waals surface area contributed by atoms with Gasteiger partial charge >= 0.3 is 0 Å². The number of amides is 3. The van der Waals surface area contributed by atoms with Gasteiger partial charge in [-0.25, -0.2) is 5.48 Å². The molecule has 0 saturated carbocycles. The number of anilines is 1. The highest BCUT2D eigenvalue weighted by Gasteiger charge is 2.25. The molecule has 202 valence electrons. The molecule has 9 nitrogen and oxygen atoms in total. The monoisotopic (exact) mass is 528 g/mol. The highest BCUT2D eigenvalue weighted by molar-refractivity contribution is 5.97. The van der Waals surface area contributed by atoms with Crippen LogP contribution >= 0.6 is 0 Å². The Kier molecular flexibility index (Phi) is 11.2. The first-order valence-electron chi connectivity index (χ1n) is 12.5. The van der Waals surface area contributed by atoms with Crippen molar-refractivity contribution in [1.29, 1.82) is 0 Å². The smallest absolute Gasteiger partial charge is 0.268 e. The molecule has 2 atom stereocenters. The molecule has 39 heavy (non-hydrogen) atoms. The molecule has 3 aromatic rings. The molecule has 0 aliphatic carbocycles. The van der Waals surface area contributed by atoms with E-state index in [2.05, 4.69) is 39.9 Å². The maximum absolute atomic E-state index is 12.4. The number of rotatable bonds is 11. The number of hydrogen-bond acceptors (Lipinski definition) is 6. The lowest BCUT2D eigenvalue weighted by Gasteiger charge is -2.19. The van der Waals surface area contributed by atoms with Crippen LogP contribution in [0.4, 0.5) is 5.69 Å². The molecular weight excluding hydrogens is 496 g/mol. The van der Waals surface area contributed by atoms with Crippen molar-refractivity contribution < 1.29 is 24.7 Å². The second-order valence-electron chi connectivity index (χ2n) is 8.89. The molecule has 0 fully saturated rings. The van der Waals surface area contributed by atoms with Gasteiger partial charge in [0, 0.05) is 22.4 Å². The molecule has 3 aromatic carbocycles. The lowest BCUT2D eigenvalue weighted by atomic mass is 10.1. The van der Waals surface area contributed by atoms with Crippen molar-refractivity contribution in [2.45, 2.75) is 31.9 Å². The van der Waals surface area contributed by atoms with Gasteiger partial charge < -0.3 is 21.1 Å². The van der Waals surface area contributed by atoms with Crippen molar-refractivity contribution in [3.63, 3.8) is 0 Å². The standard InChI is InChI=1S/C30H32N4O5/c1-21(35)28(30(38)34-39)33-29(37)25-15-11-23(12-16-25)9-10-24-13-17-26(18-14-24)32-27(36)20-31-19-5-8-22-6-3-2-4-7-22/h2-4,6-7,11-18,21,28,31,35,39H,5,8,19-20H2,1H3,(H,32,36)(H,33,37)(H,34,38). The highest BCUT2D eigenvalue weighted by atomic mass is 16.5. The van der Waals surface area contributed by atoms with E-state index >= 15 is 0 Å². The van der Waals surface area contributed by atoms with Crippen molar-refractivity contribution in [1.82, 2.24) is 16.1 Å². The Morgan fingerprint density at radius 3 is 2.08 bits per heavy atom. The number of carbonyl (C=O) groups excluding carboxylic acids is 3. The van der Waals surface area contributed by atoms with E-state index in [4.69, 9.17) is 5.21 Å². The van der Waals surface area contributed by atoms with Crippen molar-refractivity contribution in [2.75, 3.05) is 18.4 Å². The largest absolute Gasteiger partial charge is 0.391 e. The fourth-order valence-corrected chi connectivity index (χ4v) is 3.65. The van der Waals surface area contributed by atoms with Crippen LogP contribution < -0.4 is 21.4 Å². The number of carbonyl (C=O) groups is 3. The summed E-state index contributed by atoms with van der Waals surface area (Å²) in [5.41, 5.74) is 5.07. The zero-order chi connectivity index (χ0) is 28.0. The Morgan fingerprint density at radius 2 is 1.49 bits per heavy atom. The topological polar surface area (TPSA) is 140 Å². The highest BCUT2D eigenvalue weighted by Crippen LogP contribution is 2.10. The number of nitrogens with one attached hydrogen (secondary N) is 4. The minimum Gasteiger partial charge on any atom is -0.391 e. The first-order chi connectivity index (χ1) is 18.9. The summed E-state index contributed by atoms with van der Waals surface area (Å²) in [6.45, 7) is 2.32. The normalized spacial score (nSPS) is 11.9. The Bertz CT molecular complexity index is 1300. The van der Waals surface area contributed by atoms with Crippen LogP contribution in [0.25, 0.3) is 0 Å². The van der Waals surface area contributed by atoms with Crippen molar-refractivity contribution in [2.24, 2.45) is 0 Å². The van der Waals surface area contributed by atoms with Crippen LogP contribution in [-0.2, 0) is 16.0 Å². The van der Waals surface area contributed by atoms with Crippen LogP contribution in [0.15, 0.2) is 78.9 Å². The van der Waals surface area contributed by atoms with Gasteiger partial charge in [-0.2, -0.15) is 0 Å². The number of hydroxylamine groups is 1. The Morgan fingerprint density at radius 1 is 0.872 bits per heavy atom. The Labute approximate surface area is 227 Å². The molecular formula is C30H32N4O5. The molecule has 0 spiro atoms. The fraction of sp³-hybridized carbons (Fsp3) is 0.233. The predicted octanol–water partition coefficient (Wildman–Crippen LogP) is 2.23. The summed E-state index contributed by atoms with van der Waals surface area (Å²) in [7, 11) is 0. The van der Waals surface area contributed by atoms with Gasteiger partial charge in [-0.3, -0.25) is 19.6 Å². The van der Waals surface area contributed by atoms with Crippen LogP contribution in [0, 0.1) is 11.8 Å². The van der Waals surface area contributed by atoms with Crippen LogP contribution in [0.2, 0.25) is 0 Å². The van der Waals surface area contributed by atoms with Gasteiger partial charge in [0.15, 0.2) is 0 Å². The van der Waals surface area contributed by atoms with Gasteiger partial charge in [0.1, 0.15) is 6.04 Å². The molecule has 0 bridgehead atoms. The summed E-state index contributed by atoms with van der Waals surface area (Å²) in [6, 6.07) is 22.5. The third-order valence-electron chi connectivity index (χ3n) is 5.78. The number of aliphatic hydroxyl groups excluding tert-OH is 1. The summed E-state index contributed by atoms with van der Waals surface area (Å²) >= 11 is 0. The maximum Gasteiger partial charge on any atom is 0.268 e. The Balaban J connectivity index is 1.44. The average molecular weight is 529 g/mol. The molecule has 3 rings (SSSR count). The van der Waals surface area contributed by atoms with Crippen molar-refractivity contribution in [3.05, 3.63) is 101 Å². The Hall–Kier alpha value is -4.49. The molecule has 6 N–H and O–H groups in total.